The number of nitrogens with zero attached hydrogens (tertiary/aromatic N) is 3. The maximum atomic E-state index is 12.3. The maximum Gasteiger partial charge on any atom is 0.224 e. The highest BCUT2D eigenvalue weighted by Crippen LogP contribution is 2.27. The third-order valence-electron chi connectivity index (χ3n) is 5.78. The zero-order valence-electron chi connectivity index (χ0n) is 18.5. The number of carbonyl (C=O) groups excluding carboxylic acids is 1. The molecule has 0 radical (unpaired) electrons. The molecule has 0 bridgehead atoms. The van der Waals surface area contributed by atoms with Crippen LogP contribution >= 0.6 is 0 Å². The molecule has 1 aliphatic rings. The van der Waals surface area contributed by atoms with Crippen LogP contribution in [-0.2, 0) is 4.79 Å². The van der Waals surface area contributed by atoms with Crippen LogP contribution in [-0.4, -0.2) is 20.9 Å². The molecule has 1 amide bonds. The zero-order valence-corrected chi connectivity index (χ0v) is 18.5. The summed E-state index contributed by atoms with van der Waals surface area (Å²) in [6.45, 7) is 2.02. The van der Waals surface area contributed by atoms with Crippen LogP contribution in [0.4, 0.5) is 28.8 Å². The number of nitrogens with one attached hydrogen (secondary N) is 3. The molecule has 3 aromatic rings. The quantitative estimate of drug-likeness (QED) is 0.408. The summed E-state index contributed by atoms with van der Waals surface area (Å²) in [7, 11) is 0. The first kappa shape index (κ1) is 21.7. The molecule has 2 heterocycles. The SMILES string of the molecule is Cc1ccnc(Nc2cc(Nc3ccc(NC(=O)CCC4CCCCC4)cc3)ncn2)c1. The van der Waals surface area contributed by atoms with E-state index in [0.29, 0.717) is 18.1 Å². The minimum Gasteiger partial charge on any atom is -0.340 e. The molecule has 0 atom stereocenters. The van der Waals surface area contributed by atoms with Crippen LogP contribution in [0.5, 0.6) is 0 Å². The highest BCUT2D eigenvalue weighted by atomic mass is 16.1. The van der Waals surface area contributed by atoms with Crippen molar-refractivity contribution < 1.29 is 4.79 Å². The second kappa shape index (κ2) is 10.7. The van der Waals surface area contributed by atoms with Crippen molar-refractivity contribution in [2.24, 2.45) is 5.92 Å². The number of pyridine rings is 1. The van der Waals surface area contributed by atoms with Gasteiger partial charge in [-0.3, -0.25) is 4.79 Å². The Kier molecular flexibility index (Phi) is 7.27. The van der Waals surface area contributed by atoms with Crippen molar-refractivity contribution >= 4 is 34.7 Å². The molecule has 2 aromatic heterocycles. The molecular weight excluding hydrogens is 400 g/mol. The van der Waals surface area contributed by atoms with Gasteiger partial charge in [-0.1, -0.05) is 32.1 Å². The smallest absolute Gasteiger partial charge is 0.224 e. The van der Waals surface area contributed by atoms with Gasteiger partial charge >= 0.3 is 0 Å². The number of amides is 1. The van der Waals surface area contributed by atoms with Crippen molar-refractivity contribution in [1.82, 2.24) is 15.0 Å². The van der Waals surface area contributed by atoms with Crippen LogP contribution < -0.4 is 16.0 Å². The molecule has 1 aliphatic carbocycles. The molecule has 7 nitrogen and oxygen atoms in total. The Labute approximate surface area is 189 Å². The molecule has 0 spiro atoms. The second-order valence-electron chi connectivity index (χ2n) is 8.43. The molecule has 1 fully saturated rings. The average molecular weight is 431 g/mol. The molecule has 32 heavy (non-hydrogen) atoms. The number of aryl methyl sites for hydroxylation is 1. The van der Waals surface area contributed by atoms with Crippen molar-refractivity contribution in [2.45, 2.75) is 51.9 Å². The molecule has 1 saturated carbocycles. The Hall–Kier alpha value is -3.48. The van der Waals surface area contributed by atoms with Crippen LogP contribution in [0.15, 0.2) is 55.0 Å². The van der Waals surface area contributed by atoms with Gasteiger partial charge in [0.05, 0.1) is 0 Å². The first-order valence-electron chi connectivity index (χ1n) is 11.3. The highest BCUT2D eigenvalue weighted by Gasteiger charge is 2.14. The van der Waals surface area contributed by atoms with Crippen LogP contribution in [0.25, 0.3) is 0 Å². The summed E-state index contributed by atoms with van der Waals surface area (Å²) < 4.78 is 0. The van der Waals surface area contributed by atoms with Gasteiger partial charge in [0, 0.05) is 30.1 Å². The van der Waals surface area contributed by atoms with Gasteiger partial charge in [0.15, 0.2) is 0 Å². The summed E-state index contributed by atoms with van der Waals surface area (Å²) in [5.74, 6) is 2.86. The largest absolute Gasteiger partial charge is 0.340 e. The lowest BCUT2D eigenvalue weighted by molar-refractivity contribution is -0.116. The fraction of sp³-hybridized carbons (Fsp3) is 0.360. The monoisotopic (exact) mass is 430 g/mol. The van der Waals surface area contributed by atoms with E-state index >= 15 is 0 Å². The molecule has 0 aliphatic heterocycles. The summed E-state index contributed by atoms with van der Waals surface area (Å²) in [5, 5.41) is 9.46. The third-order valence-corrected chi connectivity index (χ3v) is 5.78. The predicted octanol–water partition coefficient (Wildman–Crippen LogP) is 5.97. The minimum absolute atomic E-state index is 0.0903. The molecule has 3 N–H and O–H groups in total. The molecular formula is C25H30N6O. The minimum atomic E-state index is 0.0903. The number of carbonyl (C=O) groups is 1. The number of anilines is 5. The van der Waals surface area contributed by atoms with E-state index in [2.05, 4.69) is 30.9 Å². The third kappa shape index (κ3) is 6.51. The zero-order chi connectivity index (χ0) is 22.2. The summed E-state index contributed by atoms with van der Waals surface area (Å²) >= 11 is 0. The van der Waals surface area contributed by atoms with E-state index in [1.165, 1.54) is 38.4 Å². The summed E-state index contributed by atoms with van der Waals surface area (Å²) in [5.41, 5.74) is 2.80. The number of hydrogen-bond acceptors (Lipinski definition) is 6. The van der Waals surface area contributed by atoms with Crippen molar-refractivity contribution in [2.75, 3.05) is 16.0 Å². The van der Waals surface area contributed by atoms with Gasteiger partial charge in [-0.15, -0.1) is 0 Å². The summed E-state index contributed by atoms with van der Waals surface area (Å²) in [6, 6.07) is 13.4. The lowest BCUT2D eigenvalue weighted by Gasteiger charge is -2.21. The predicted molar refractivity (Wildman–Crippen MR) is 128 cm³/mol. The van der Waals surface area contributed by atoms with Crippen LogP contribution in [0.2, 0.25) is 0 Å². The molecule has 1 aromatic carbocycles. The number of hydrogen-bond donors (Lipinski definition) is 3. The lowest BCUT2D eigenvalue weighted by Crippen LogP contribution is -2.14. The molecule has 7 heteroatoms. The normalized spacial score (nSPS) is 14.0. The van der Waals surface area contributed by atoms with Gasteiger partial charge in [0.25, 0.3) is 0 Å². The van der Waals surface area contributed by atoms with E-state index in [-0.39, 0.29) is 5.91 Å². The number of benzene rings is 1. The van der Waals surface area contributed by atoms with E-state index in [1.807, 2.05) is 49.4 Å². The van der Waals surface area contributed by atoms with Crippen molar-refractivity contribution in [3.8, 4) is 0 Å². The summed E-state index contributed by atoms with van der Waals surface area (Å²) in [6.07, 6.45) is 11.4. The van der Waals surface area contributed by atoms with E-state index in [0.717, 1.165) is 35.1 Å². The van der Waals surface area contributed by atoms with E-state index < -0.39 is 0 Å². The topological polar surface area (TPSA) is 91.8 Å². The van der Waals surface area contributed by atoms with E-state index in [9.17, 15) is 4.79 Å². The van der Waals surface area contributed by atoms with Crippen LogP contribution in [0.1, 0.15) is 50.5 Å². The van der Waals surface area contributed by atoms with Crippen LogP contribution in [0, 0.1) is 12.8 Å². The number of aromatic nitrogens is 3. The van der Waals surface area contributed by atoms with Crippen molar-refractivity contribution in [3.05, 3.63) is 60.6 Å². The average Bonchev–Trinajstić information content (AvgIpc) is 2.80. The molecule has 4 rings (SSSR count). The Bertz CT molecular complexity index is 1030. The van der Waals surface area contributed by atoms with E-state index in [4.69, 9.17) is 0 Å². The molecule has 0 saturated heterocycles. The van der Waals surface area contributed by atoms with Crippen molar-refractivity contribution in [1.29, 1.82) is 0 Å². The first-order chi connectivity index (χ1) is 15.6. The van der Waals surface area contributed by atoms with Gasteiger partial charge < -0.3 is 16.0 Å². The fourth-order valence-corrected chi connectivity index (χ4v) is 4.05. The maximum absolute atomic E-state index is 12.3. The summed E-state index contributed by atoms with van der Waals surface area (Å²) in [4.78, 5) is 25.1. The van der Waals surface area contributed by atoms with Gasteiger partial charge in [-0.2, -0.15) is 0 Å². The Morgan fingerprint density at radius 3 is 2.31 bits per heavy atom. The number of rotatable bonds is 8. The fourth-order valence-electron chi connectivity index (χ4n) is 4.05. The van der Waals surface area contributed by atoms with Crippen LogP contribution in [0.3, 0.4) is 0 Å². The second-order valence-corrected chi connectivity index (χ2v) is 8.43. The lowest BCUT2D eigenvalue weighted by atomic mass is 9.86. The Morgan fingerprint density at radius 1 is 0.875 bits per heavy atom. The standard InChI is InChI=1S/C25H30N6O/c1-18-13-14-26-22(15-18)31-24-16-23(27-17-28-24)29-20-8-10-21(11-9-20)30-25(32)12-7-19-5-3-2-4-6-19/h8-11,13-17,19H,2-7,12H2,1H3,(H,30,32)(H2,26,27,28,29,31). The molecule has 0 unspecified atom stereocenters. The van der Waals surface area contributed by atoms with Gasteiger partial charge in [-0.05, 0) is 61.2 Å². The Balaban J connectivity index is 1.29. The molecule has 166 valence electrons. The van der Waals surface area contributed by atoms with Crippen molar-refractivity contribution in [3.63, 3.8) is 0 Å². The Morgan fingerprint density at radius 2 is 1.56 bits per heavy atom. The van der Waals surface area contributed by atoms with Gasteiger partial charge in [0.2, 0.25) is 5.91 Å². The van der Waals surface area contributed by atoms with Gasteiger partial charge in [0.1, 0.15) is 23.8 Å². The van der Waals surface area contributed by atoms with Gasteiger partial charge in [-0.25, -0.2) is 15.0 Å². The first-order valence-corrected chi connectivity index (χ1v) is 11.3. The highest BCUT2D eigenvalue weighted by molar-refractivity contribution is 5.90. The van der Waals surface area contributed by atoms with E-state index in [1.54, 1.807) is 6.20 Å².